The molecule has 0 aliphatic heterocycles. The second-order valence-corrected chi connectivity index (χ2v) is 2.63. The Kier molecular flexibility index (Phi) is 3.25. The van der Waals surface area contributed by atoms with Crippen LogP contribution < -0.4 is 0 Å². The number of ether oxygens (including phenoxy) is 1. The summed E-state index contributed by atoms with van der Waals surface area (Å²) < 4.78 is 4.67. The highest BCUT2D eigenvalue weighted by Crippen LogP contribution is 2.22. The highest BCUT2D eigenvalue weighted by atomic mass is 16.6. The van der Waals surface area contributed by atoms with Crippen LogP contribution in [-0.2, 0) is 11.3 Å². The van der Waals surface area contributed by atoms with Crippen molar-refractivity contribution in [2.75, 3.05) is 7.11 Å². The van der Waals surface area contributed by atoms with E-state index < -0.39 is 6.29 Å². The molecule has 0 aliphatic carbocycles. The Morgan fingerprint density at radius 1 is 1.46 bits per heavy atom. The van der Waals surface area contributed by atoms with Crippen LogP contribution in [0.5, 0.6) is 5.75 Å². The molecule has 1 unspecified atom stereocenters. The van der Waals surface area contributed by atoms with Crippen molar-refractivity contribution in [3.63, 3.8) is 0 Å². The van der Waals surface area contributed by atoms with Crippen LogP contribution in [0, 0.1) is 0 Å². The van der Waals surface area contributed by atoms with Crippen LogP contribution in [0.1, 0.15) is 17.4 Å². The van der Waals surface area contributed by atoms with E-state index in [0.717, 1.165) is 0 Å². The largest absolute Gasteiger partial charge is 0.508 e. The summed E-state index contributed by atoms with van der Waals surface area (Å²) in [6.45, 7) is -0.268. The Labute approximate surface area is 76.0 Å². The Bertz CT molecular complexity index is 285. The molecule has 3 N–H and O–H groups in total. The third-order valence-corrected chi connectivity index (χ3v) is 1.78. The number of aliphatic hydroxyl groups is 2. The van der Waals surface area contributed by atoms with Gasteiger partial charge in [0.25, 0.3) is 0 Å². The van der Waals surface area contributed by atoms with Gasteiger partial charge >= 0.3 is 0 Å². The zero-order valence-electron chi connectivity index (χ0n) is 7.27. The number of methoxy groups -OCH3 is 1. The van der Waals surface area contributed by atoms with E-state index in [9.17, 15) is 10.2 Å². The van der Waals surface area contributed by atoms with Crippen molar-refractivity contribution in [3.05, 3.63) is 29.3 Å². The molecule has 13 heavy (non-hydrogen) atoms. The Hall–Kier alpha value is -1.10. The number of aliphatic hydroxyl groups excluding tert-OH is 2. The summed E-state index contributed by atoms with van der Waals surface area (Å²) in [6.07, 6.45) is -1.02. The number of rotatable bonds is 3. The maximum absolute atomic E-state index is 9.25. The van der Waals surface area contributed by atoms with Crippen LogP contribution >= 0.6 is 0 Å². The van der Waals surface area contributed by atoms with Crippen molar-refractivity contribution in [3.8, 4) is 5.75 Å². The topological polar surface area (TPSA) is 69.9 Å². The molecule has 1 rings (SSSR count). The predicted octanol–water partition coefficient (Wildman–Crippen LogP) is 0.522. The fourth-order valence-electron chi connectivity index (χ4n) is 1.02. The molecule has 0 spiro atoms. The summed E-state index contributed by atoms with van der Waals surface area (Å²) in [5.74, 6) is 0.00885. The third-order valence-electron chi connectivity index (χ3n) is 1.78. The van der Waals surface area contributed by atoms with Crippen molar-refractivity contribution in [1.82, 2.24) is 0 Å². The molecule has 0 amide bonds. The lowest BCUT2D eigenvalue weighted by Crippen LogP contribution is -2.00. The van der Waals surface area contributed by atoms with Gasteiger partial charge in [0.2, 0.25) is 0 Å². The van der Waals surface area contributed by atoms with E-state index in [0.29, 0.717) is 11.1 Å². The molecule has 4 nitrogen and oxygen atoms in total. The molecule has 0 fully saturated rings. The van der Waals surface area contributed by atoms with Gasteiger partial charge in [-0.1, -0.05) is 6.07 Å². The Morgan fingerprint density at radius 3 is 2.69 bits per heavy atom. The fraction of sp³-hybridized carbons (Fsp3) is 0.333. The molecule has 72 valence electrons. The van der Waals surface area contributed by atoms with Crippen LogP contribution in [-0.4, -0.2) is 22.4 Å². The first-order chi connectivity index (χ1) is 6.19. The minimum Gasteiger partial charge on any atom is -0.508 e. The van der Waals surface area contributed by atoms with Gasteiger partial charge in [0.1, 0.15) is 5.75 Å². The second-order valence-electron chi connectivity index (χ2n) is 2.63. The molecule has 1 aromatic rings. The normalized spacial score (nSPS) is 12.8. The van der Waals surface area contributed by atoms with E-state index in [1.807, 2.05) is 0 Å². The first-order valence-corrected chi connectivity index (χ1v) is 3.82. The molecule has 1 aromatic carbocycles. The van der Waals surface area contributed by atoms with E-state index in [4.69, 9.17) is 5.11 Å². The predicted molar refractivity (Wildman–Crippen MR) is 46.0 cm³/mol. The number of aromatic hydroxyl groups is 1. The highest BCUT2D eigenvalue weighted by molar-refractivity contribution is 5.36. The molecule has 0 bridgehead atoms. The maximum atomic E-state index is 9.25. The second kappa shape index (κ2) is 4.23. The van der Waals surface area contributed by atoms with Gasteiger partial charge in [-0.05, 0) is 12.1 Å². The van der Waals surface area contributed by atoms with Gasteiger partial charge in [-0.15, -0.1) is 0 Å². The molecule has 0 heterocycles. The molecule has 0 radical (unpaired) electrons. The van der Waals surface area contributed by atoms with Crippen molar-refractivity contribution in [2.45, 2.75) is 12.9 Å². The minimum absolute atomic E-state index is 0.00885. The molecule has 4 heteroatoms. The zero-order valence-corrected chi connectivity index (χ0v) is 7.27. The van der Waals surface area contributed by atoms with Crippen LogP contribution in [0.15, 0.2) is 18.2 Å². The molecule has 0 saturated carbocycles. The van der Waals surface area contributed by atoms with Gasteiger partial charge < -0.3 is 20.1 Å². The maximum Gasteiger partial charge on any atom is 0.180 e. The van der Waals surface area contributed by atoms with Crippen LogP contribution in [0.4, 0.5) is 0 Å². The van der Waals surface area contributed by atoms with Crippen LogP contribution in [0.2, 0.25) is 0 Å². The van der Waals surface area contributed by atoms with Gasteiger partial charge in [0.05, 0.1) is 6.61 Å². The summed E-state index contributed by atoms with van der Waals surface area (Å²) in [7, 11) is 1.37. The third kappa shape index (κ3) is 2.18. The first kappa shape index (κ1) is 9.98. The van der Waals surface area contributed by atoms with Gasteiger partial charge in [-0.2, -0.15) is 0 Å². The summed E-state index contributed by atoms with van der Waals surface area (Å²) in [5.41, 5.74) is 0.873. The molecule has 0 aromatic heterocycles. The fourth-order valence-corrected chi connectivity index (χ4v) is 1.02. The lowest BCUT2D eigenvalue weighted by molar-refractivity contribution is -0.0770. The monoisotopic (exact) mass is 184 g/mol. The van der Waals surface area contributed by atoms with E-state index in [1.54, 1.807) is 0 Å². The number of hydrogen-bond donors (Lipinski definition) is 3. The van der Waals surface area contributed by atoms with Gasteiger partial charge in [-0.25, -0.2) is 0 Å². The zero-order chi connectivity index (χ0) is 9.84. The number of phenols is 1. The van der Waals surface area contributed by atoms with E-state index in [-0.39, 0.29) is 12.4 Å². The van der Waals surface area contributed by atoms with Crippen molar-refractivity contribution < 1.29 is 20.1 Å². The first-order valence-electron chi connectivity index (χ1n) is 3.82. The van der Waals surface area contributed by atoms with Crippen molar-refractivity contribution in [2.24, 2.45) is 0 Å². The highest BCUT2D eigenvalue weighted by Gasteiger charge is 2.08. The average Bonchev–Trinajstić information content (AvgIpc) is 2.17. The average molecular weight is 184 g/mol. The summed E-state index contributed by atoms with van der Waals surface area (Å²) in [4.78, 5) is 0. The van der Waals surface area contributed by atoms with Crippen LogP contribution in [0.3, 0.4) is 0 Å². The standard InChI is InChI=1S/C9H12O4/c1-13-9(12)6-2-3-8(11)7(4-6)5-10/h2-4,9-12H,5H2,1H3. The lowest BCUT2D eigenvalue weighted by atomic mass is 10.1. The summed E-state index contributed by atoms with van der Waals surface area (Å²) >= 11 is 0. The minimum atomic E-state index is -1.02. The van der Waals surface area contributed by atoms with Gasteiger partial charge in [-0.3, -0.25) is 0 Å². The lowest BCUT2D eigenvalue weighted by Gasteiger charge is -2.10. The summed E-state index contributed by atoms with van der Waals surface area (Å²) in [5, 5.41) is 27.3. The molecule has 0 aliphatic rings. The van der Waals surface area contributed by atoms with Crippen molar-refractivity contribution in [1.29, 1.82) is 0 Å². The summed E-state index contributed by atoms with van der Waals surface area (Å²) in [6, 6.07) is 4.43. The van der Waals surface area contributed by atoms with Gasteiger partial charge in [0.15, 0.2) is 6.29 Å². The van der Waals surface area contributed by atoms with Gasteiger partial charge in [0, 0.05) is 18.2 Å². The van der Waals surface area contributed by atoms with E-state index in [1.165, 1.54) is 25.3 Å². The SMILES string of the molecule is COC(O)c1ccc(O)c(CO)c1. The Morgan fingerprint density at radius 2 is 2.15 bits per heavy atom. The molecule has 1 atom stereocenters. The smallest absolute Gasteiger partial charge is 0.180 e. The van der Waals surface area contributed by atoms with E-state index >= 15 is 0 Å². The number of hydrogen-bond acceptors (Lipinski definition) is 4. The molecular formula is C9H12O4. The van der Waals surface area contributed by atoms with Crippen molar-refractivity contribution >= 4 is 0 Å². The van der Waals surface area contributed by atoms with Crippen LogP contribution in [0.25, 0.3) is 0 Å². The number of benzene rings is 1. The molecular weight excluding hydrogens is 172 g/mol. The Balaban J connectivity index is 2.99. The van der Waals surface area contributed by atoms with E-state index in [2.05, 4.69) is 4.74 Å². The molecule has 0 saturated heterocycles. The quantitative estimate of drug-likeness (QED) is 0.599.